The fraction of sp³-hybridized carbons (Fsp3) is 0.538. The first-order valence-electron chi connectivity index (χ1n) is 5.63. The highest BCUT2D eigenvalue weighted by molar-refractivity contribution is 5.38. The maximum Gasteiger partial charge on any atom is 0.115 e. The van der Waals surface area contributed by atoms with Gasteiger partial charge in [-0.05, 0) is 62.5 Å². The number of phenols is 1. The van der Waals surface area contributed by atoms with Gasteiger partial charge in [0.25, 0.3) is 0 Å². The van der Waals surface area contributed by atoms with E-state index in [-0.39, 0.29) is 0 Å². The van der Waals surface area contributed by atoms with E-state index in [4.69, 9.17) is 0 Å². The third-order valence-corrected chi connectivity index (χ3v) is 3.15. The van der Waals surface area contributed by atoms with Crippen LogP contribution in [0.2, 0.25) is 0 Å². The van der Waals surface area contributed by atoms with E-state index in [0.29, 0.717) is 11.7 Å². The molecule has 0 bridgehead atoms. The molecule has 1 aliphatic rings. The minimum atomic E-state index is 0.402. The number of phenolic OH excluding ortho intramolecular Hbond substituents is 1. The summed E-state index contributed by atoms with van der Waals surface area (Å²) < 4.78 is 0. The molecule has 1 aromatic carbocycles. The maximum absolute atomic E-state index is 9.45. The van der Waals surface area contributed by atoms with Gasteiger partial charge in [0.1, 0.15) is 5.75 Å². The summed E-state index contributed by atoms with van der Waals surface area (Å²) in [7, 11) is 4.24. The van der Waals surface area contributed by atoms with Gasteiger partial charge in [0.15, 0.2) is 0 Å². The molecule has 0 aliphatic heterocycles. The Balaban J connectivity index is 2.26. The number of nitrogens with zero attached hydrogens (tertiary/aromatic N) is 1. The lowest BCUT2D eigenvalue weighted by Gasteiger charge is -2.27. The number of benzene rings is 1. The fourth-order valence-electron chi connectivity index (χ4n) is 2.53. The molecule has 0 heterocycles. The van der Waals surface area contributed by atoms with Crippen LogP contribution in [-0.4, -0.2) is 30.6 Å². The van der Waals surface area contributed by atoms with E-state index in [9.17, 15) is 5.11 Å². The van der Waals surface area contributed by atoms with Crippen LogP contribution in [0.1, 0.15) is 29.9 Å². The van der Waals surface area contributed by atoms with Crippen LogP contribution in [0.25, 0.3) is 0 Å². The van der Waals surface area contributed by atoms with Gasteiger partial charge >= 0.3 is 0 Å². The van der Waals surface area contributed by atoms with Crippen LogP contribution in [0, 0.1) is 0 Å². The van der Waals surface area contributed by atoms with Crippen molar-refractivity contribution in [2.24, 2.45) is 0 Å². The predicted molar refractivity (Wildman–Crippen MR) is 62.3 cm³/mol. The third kappa shape index (κ3) is 2.32. The summed E-state index contributed by atoms with van der Waals surface area (Å²) in [4.78, 5) is 2.24. The number of hydrogen-bond acceptors (Lipinski definition) is 2. The van der Waals surface area contributed by atoms with Gasteiger partial charge in [-0.2, -0.15) is 0 Å². The molecule has 0 spiro atoms. The monoisotopic (exact) mass is 205 g/mol. The molecule has 0 aromatic heterocycles. The Morgan fingerprint density at radius 2 is 2.20 bits per heavy atom. The second-order valence-electron chi connectivity index (χ2n) is 4.73. The summed E-state index contributed by atoms with van der Waals surface area (Å²) in [5.41, 5.74) is 2.78. The molecule has 82 valence electrons. The summed E-state index contributed by atoms with van der Waals surface area (Å²) in [6, 6.07) is 5.84. The number of likely N-dealkylation sites (N-methyl/N-ethyl adjacent to an activating group) is 1. The highest BCUT2D eigenvalue weighted by Crippen LogP contribution is 2.33. The Kier molecular flexibility index (Phi) is 2.96. The molecule has 2 heteroatoms. The SMILES string of the molecule is CN(C)CC1CCCc2cc(O)ccc21. The van der Waals surface area contributed by atoms with Gasteiger partial charge in [0.05, 0.1) is 0 Å². The molecule has 1 atom stereocenters. The number of fused-ring (bicyclic) bond motifs is 1. The van der Waals surface area contributed by atoms with E-state index in [2.05, 4.69) is 25.1 Å². The molecule has 1 N–H and O–H groups in total. The summed E-state index contributed by atoms with van der Waals surface area (Å²) in [6.45, 7) is 1.11. The highest BCUT2D eigenvalue weighted by atomic mass is 16.3. The zero-order chi connectivity index (χ0) is 10.8. The second-order valence-corrected chi connectivity index (χ2v) is 4.73. The molecular weight excluding hydrogens is 186 g/mol. The molecule has 2 rings (SSSR count). The van der Waals surface area contributed by atoms with Gasteiger partial charge in [0.2, 0.25) is 0 Å². The number of aromatic hydroxyl groups is 1. The van der Waals surface area contributed by atoms with Crippen molar-refractivity contribution in [1.29, 1.82) is 0 Å². The number of hydrogen-bond donors (Lipinski definition) is 1. The first-order chi connectivity index (χ1) is 7.16. The Hall–Kier alpha value is -1.02. The Morgan fingerprint density at radius 3 is 2.93 bits per heavy atom. The van der Waals surface area contributed by atoms with Crippen LogP contribution in [0.5, 0.6) is 5.75 Å². The minimum Gasteiger partial charge on any atom is -0.508 e. The average Bonchev–Trinajstić information content (AvgIpc) is 2.16. The standard InChI is InChI=1S/C13H19NO/c1-14(2)9-11-5-3-4-10-8-12(15)6-7-13(10)11/h6-8,11,15H,3-5,9H2,1-2H3. The molecule has 0 saturated carbocycles. The highest BCUT2D eigenvalue weighted by Gasteiger charge is 2.20. The Bertz CT molecular complexity index is 346. The van der Waals surface area contributed by atoms with Crippen LogP contribution < -0.4 is 0 Å². The summed E-state index contributed by atoms with van der Waals surface area (Å²) >= 11 is 0. The van der Waals surface area contributed by atoms with Crippen molar-refractivity contribution in [2.75, 3.05) is 20.6 Å². The zero-order valence-corrected chi connectivity index (χ0v) is 9.53. The van der Waals surface area contributed by atoms with E-state index in [1.54, 1.807) is 0 Å². The van der Waals surface area contributed by atoms with Crippen molar-refractivity contribution in [2.45, 2.75) is 25.2 Å². The largest absolute Gasteiger partial charge is 0.508 e. The van der Waals surface area contributed by atoms with Crippen molar-refractivity contribution in [3.05, 3.63) is 29.3 Å². The molecule has 2 nitrogen and oxygen atoms in total. The molecule has 1 aromatic rings. The van der Waals surface area contributed by atoms with E-state index >= 15 is 0 Å². The summed E-state index contributed by atoms with van der Waals surface area (Å²) in [6.07, 6.45) is 3.64. The molecule has 0 radical (unpaired) electrons. The molecular formula is C13H19NO. The van der Waals surface area contributed by atoms with E-state index < -0.39 is 0 Å². The van der Waals surface area contributed by atoms with Crippen LogP contribution in [-0.2, 0) is 6.42 Å². The summed E-state index contributed by atoms with van der Waals surface area (Å²) in [5.74, 6) is 1.05. The lowest BCUT2D eigenvalue weighted by atomic mass is 9.82. The molecule has 0 amide bonds. The van der Waals surface area contributed by atoms with Gasteiger partial charge in [-0.1, -0.05) is 6.07 Å². The lowest BCUT2D eigenvalue weighted by Crippen LogP contribution is -2.23. The first kappa shape index (κ1) is 10.5. The number of rotatable bonds is 2. The van der Waals surface area contributed by atoms with Crippen LogP contribution >= 0.6 is 0 Å². The van der Waals surface area contributed by atoms with Crippen LogP contribution in [0.15, 0.2) is 18.2 Å². The lowest BCUT2D eigenvalue weighted by molar-refractivity contribution is 0.352. The maximum atomic E-state index is 9.45. The van der Waals surface area contributed by atoms with Crippen LogP contribution in [0.3, 0.4) is 0 Å². The first-order valence-corrected chi connectivity index (χ1v) is 5.63. The van der Waals surface area contributed by atoms with Gasteiger partial charge in [-0.3, -0.25) is 0 Å². The van der Waals surface area contributed by atoms with Crippen molar-refractivity contribution >= 4 is 0 Å². The minimum absolute atomic E-state index is 0.402. The van der Waals surface area contributed by atoms with E-state index in [1.165, 1.54) is 24.0 Å². The van der Waals surface area contributed by atoms with Crippen molar-refractivity contribution < 1.29 is 5.11 Å². The molecule has 0 saturated heterocycles. The van der Waals surface area contributed by atoms with Crippen LogP contribution in [0.4, 0.5) is 0 Å². The van der Waals surface area contributed by atoms with Crippen molar-refractivity contribution in [3.63, 3.8) is 0 Å². The van der Waals surface area contributed by atoms with Gasteiger partial charge in [0, 0.05) is 6.54 Å². The topological polar surface area (TPSA) is 23.5 Å². The smallest absolute Gasteiger partial charge is 0.115 e. The van der Waals surface area contributed by atoms with E-state index in [1.807, 2.05) is 12.1 Å². The van der Waals surface area contributed by atoms with Gasteiger partial charge in [-0.25, -0.2) is 0 Å². The summed E-state index contributed by atoms with van der Waals surface area (Å²) in [5, 5.41) is 9.45. The zero-order valence-electron chi connectivity index (χ0n) is 9.53. The normalized spacial score (nSPS) is 20.3. The third-order valence-electron chi connectivity index (χ3n) is 3.15. The quantitative estimate of drug-likeness (QED) is 0.801. The Labute approximate surface area is 91.5 Å². The van der Waals surface area contributed by atoms with Gasteiger partial charge < -0.3 is 10.0 Å². The average molecular weight is 205 g/mol. The predicted octanol–water partition coefficient (Wildman–Crippen LogP) is 2.37. The molecule has 1 aliphatic carbocycles. The van der Waals surface area contributed by atoms with Crippen molar-refractivity contribution in [1.82, 2.24) is 4.90 Å². The molecule has 15 heavy (non-hydrogen) atoms. The van der Waals surface area contributed by atoms with Crippen molar-refractivity contribution in [3.8, 4) is 5.75 Å². The van der Waals surface area contributed by atoms with E-state index in [0.717, 1.165) is 13.0 Å². The number of aryl methyl sites for hydroxylation is 1. The van der Waals surface area contributed by atoms with Gasteiger partial charge in [-0.15, -0.1) is 0 Å². The second kappa shape index (κ2) is 4.23. The molecule has 1 unspecified atom stereocenters. The Morgan fingerprint density at radius 1 is 1.40 bits per heavy atom. The molecule has 0 fully saturated rings. The fourth-order valence-corrected chi connectivity index (χ4v) is 2.53.